The van der Waals surface area contributed by atoms with Crippen molar-refractivity contribution in [2.24, 2.45) is 0 Å². The van der Waals surface area contributed by atoms with Crippen LogP contribution in [-0.2, 0) is 0 Å². The molecule has 9 heteroatoms. The number of aromatic nitrogens is 5. The van der Waals surface area contributed by atoms with Gasteiger partial charge in [0.05, 0.1) is 6.54 Å². The fourth-order valence-corrected chi connectivity index (χ4v) is 1.83. The number of hydrogen-bond donors (Lipinski definition) is 1. The largest absolute Gasteiger partial charge is 0.472 e. The van der Waals surface area contributed by atoms with Crippen molar-refractivity contribution in [2.75, 3.05) is 18.5 Å². The van der Waals surface area contributed by atoms with Crippen molar-refractivity contribution in [2.45, 2.75) is 20.8 Å². The van der Waals surface area contributed by atoms with Crippen molar-refractivity contribution in [3.05, 3.63) is 17.4 Å². The third-order valence-electron chi connectivity index (χ3n) is 2.72. The van der Waals surface area contributed by atoms with Crippen LogP contribution in [0.5, 0.6) is 5.88 Å². The lowest BCUT2D eigenvalue weighted by molar-refractivity contribution is 0.261. The minimum atomic E-state index is 0.385. The first kappa shape index (κ1) is 13.3. The Morgan fingerprint density at radius 1 is 1.10 bits per heavy atom. The fraction of sp³-hybridized carbons (Fsp3) is 0.417. The molecular formula is C12H14N6O3. The van der Waals surface area contributed by atoms with Gasteiger partial charge in [0, 0.05) is 6.92 Å². The van der Waals surface area contributed by atoms with Crippen LogP contribution in [-0.4, -0.2) is 38.4 Å². The minimum Gasteiger partial charge on any atom is -0.472 e. The molecule has 3 aromatic rings. The van der Waals surface area contributed by atoms with Gasteiger partial charge in [-0.3, -0.25) is 0 Å². The maximum absolute atomic E-state index is 5.43. The number of aryl methyl sites for hydroxylation is 3. The normalized spacial score (nSPS) is 11.0. The van der Waals surface area contributed by atoms with Gasteiger partial charge in [0.2, 0.25) is 0 Å². The molecule has 21 heavy (non-hydrogen) atoms. The van der Waals surface area contributed by atoms with Gasteiger partial charge in [-0.15, -0.1) is 0 Å². The summed E-state index contributed by atoms with van der Waals surface area (Å²) in [7, 11) is 0. The summed E-state index contributed by atoms with van der Waals surface area (Å²) in [6.07, 6.45) is 0. The molecule has 0 spiro atoms. The molecular weight excluding hydrogens is 276 g/mol. The Kier molecular flexibility index (Phi) is 3.38. The molecule has 0 aliphatic rings. The van der Waals surface area contributed by atoms with E-state index in [-0.39, 0.29) is 0 Å². The molecule has 0 aliphatic carbocycles. The molecule has 3 heterocycles. The van der Waals surface area contributed by atoms with Gasteiger partial charge in [-0.1, -0.05) is 5.16 Å². The van der Waals surface area contributed by atoms with Crippen LogP contribution >= 0.6 is 0 Å². The quantitative estimate of drug-likeness (QED) is 0.697. The van der Waals surface area contributed by atoms with Crippen molar-refractivity contribution in [1.29, 1.82) is 0 Å². The highest BCUT2D eigenvalue weighted by Gasteiger charge is 2.12. The molecule has 0 fully saturated rings. The van der Waals surface area contributed by atoms with E-state index in [4.69, 9.17) is 9.15 Å². The van der Waals surface area contributed by atoms with E-state index in [1.165, 1.54) is 0 Å². The number of rotatable bonds is 5. The molecule has 110 valence electrons. The smallest absolute Gasteiger partial charge is 0.278 e. The number of anilines is 1. The van der Waals surface area contributed by atoms with E-state index in [9.17, 15) is 0 Å². The highest BCUT2D eigenvalue weighted by molar-refractivity contribution is 5.81. The summed E-state index contributed by atoms with van der Waals surface area (Å²) in [6, 6.07) is 0. The highest BCUT2D eigenvalue weighted by Crippen LogP contribution is 2.20. The van der Waals surface area contributed by atoms with Gasteiger partial charge in [0.15, 0.2) is 17.2 Å². The summed E-state index contributed by atoms with van der Waals surface area (Å²) in [5.41, 5.74) is 1.69. The van der Waals surface area contributed by atoms with Crippen LogP contribution in [0.15, 0.2) is 9.05 Å². The average molecular weight is 290 g/mol. The first-order chi connectivity index (χ1) is 10.1. The maximum atomic E-state index is 5.43. The molecule has 3 aromatic heterocycles. The number of oxazole rings is 1. The van der Waals surface area contributed by atoms with Crippen LogP contribution < -0.4 is 10.1 Å². The summed E-state index contributed by atoms with van der Waals surface area (Å²) in [6.45, 7) is 6.22. The van der Waals surface area contributed by atoms with Gasteiger partial charge >= 0.3 is 0 Å². The van der Waals surface area contributed by atoms with Crippen LogP contribution in [0.25, 0.3) is 11.2 Å². The Hall–Kier alpha value is -2.71. The van der Waals surface area contributed by atoms with Crippen LogP contribution in [0, 0.1) is 20.8 Å². The lowest BCUT2D eigenvalue weighted by Crippen LogP contribution is -2.13. The second kappa shape index (κ2) is 5.35. The second-order valence-corrected chi connectivity index (χ2v) is 4.44. The molecule has 0 amide bonds. The third-order valence-corrected chi connectivity index (χ3v) is 2.72. The molecule has 0 unspecified atom stereocenters. The fourth-order valence-electron chi connectivity index (χ4n) is 1.83. The number of nitrogens with one attached hydrogen (secondary N) is 1. The zero-order valence-corrected chi connectivity index (χ0v) is 11.9. The topological polar surface area (TPSA) is 112 Å². The van der Waals surface area contributed by atoms with E-state index in [1.54, 1.807) is 20.8 Å². The molecule has 0 aromatic carbocycles. The number of hydrogen-bond acceptors (Lipinski definition) is 9. The van der Waals surface area contributed by atoms with Crippen LogP contribution in [0.3, 0.4) is 0 Å². The molecule has 0 aliphatic heterocycles. The minimum absolute atomic E-state index is 0.385. The van der Waals surface area contributed by atoms with E-state index in [1.807, 2.05) is 0 Å². The maximum Gasteiger partial charge on any atom is 0.278 e. The Labute approximate surface area is 119 Å². The molecule has 9 nitrogen and oxygen atoms in total. The molecule has 0 atom stereocenters. The molecule has 0 radical (unpaired) electrons. The molecule has 3 rings (SSSR count). The van der Waals surface area contributed by atoms with Crippen LogP contribution in [0.4, 0.5) is 5.82 Å². The second-order valence-electron chi connectivity index (χ2n) is 4.44. The molecule has 1 N–H and O–H groups in total. The standard InChI is InChI=1S/C12H14N6O3/c1-6-11(18-21-17-6)19-5-4-13-10-9-12(15-7(2)14-10)20-8(3)16-9/h4-5H2,1-3H3,(H,13,14,15). The third kappa shape index (κ3) is 2.76. The highest BCUT2D eigenvalue weighted by atomic mass is 16.6. The van der Waals surface area contributed by atoms with Crippen molar-refractivity contribution in [3.8, 4) is 5.88 Å². The predicted octanol–water partition coefficient (Wildman–Crippen LogP) is 1.42. The first-order valence-corrected chi connectivity index (χ1v) is 6.41. The van der Waals surface area contributed by atoms with Crippen LogP contribution in [0.2, 0.25) is 0 Å². The number of ether oxygens (including phenoxy) is 1. The predicted molar refractivity (Wildman–Crippen MR) is 72.1 cm³/mol. The Bertz CT molecular complexity index is 766. The van der Waals surface area contributed by atoms with E-state index in [0.717, 1.165) is 0 Å². The monoisotopic (exact) mass is 290 g/mol. The van der Waals surface area contributed by atoms with Gasteiger partial charge in [0.1, 0.15) is 18.1 Å². The van der Waals surface area contributed by atoms with E-state index >= 15 is 0 Å². The zero-order valence-electron chi connectivity index (χ0n) is 11.9. The Balaban J connectivity index is 1.66. The van der Waals surface area contributed by atoms with Crippen molar-refractivity contribution in [3.63, 3.8) is 0 Å². The van der Waals surface area contributed by atoms with Gasteiger partial charge in [0.25, 0.3) is 11.6 Å². The summed E-state index contributed by atoms with van der Waals surface area (Å²) in [5.74, 6) is 2.16. The van der Waals surface area contributed by atoms with Gasteiger partial charge in [-0.25, -0.2) is 14.6 Å². The van der Waals surface area contributed by atoms with E-state index in [0.29, 0.717) is 53.5 Å². The zero-order chi connectivity index (χ0) is 14.8. The van der Waals surface area contributed by atoms with E-state index in [2.05, 4.69) is 35.2 Å². The summed E-state index contributed by atoms with van der Waals surface area (Å²) < 4.78 is 15.4. The Morgan fingerprint density at radius 3 is 2.71 bits per heavy atom. The van der Waals surface area contributed by atoms with Gasteiger partial charge in [-0.2, -0.15) is 4.98 Å². The Morgan fingerprint density at radius 2 is 1.95 bits per heavy atom. The van der Waals surface area contributed by atoms with E-state index < -0.39 is 0 Å². The lowest BCUT2D eigenvalue weighted by Gasteiger charge is -2.06. The summed E-state index contributed by atoms with van der Waals surface area (Å²) in [5, 5.41) is 10.4. The number of fused-ring (bicyclic) bond motifs is 1. The molecule has 0 saturated carbocycles. The van der Waals surface area contributed by atoms with Crippen LogP contribution in [0.1, 0.15) is 17.4 Å². The SMILES string of the molecule is Cc1nc(NCCOc2nonc2C)c2nc(C)oc2n1. The first-order valence-electron chi connectivity index (χ1n) is 6.41. The van der Waals surface area contributed by atoms with Crippen molar-refractivity contribution >= 4 is 17.0 Å². The average Bonchev–Trinajstić information content (AvgIpc) is 3.00. The summed E-state index contributed by atoms with van der Waals surface area (Å²) >= 11 is 0. The van der Waals surface area contributed by atoms with Crippen molar-refractivity contribution in [1.82, 2.24) is 25.3 Å². The molecule has 0 bridgehead atoms. The lowest BCUT2D eigenvalue weighted by atomic mass is 10.4. The van der Waals surface area contributed by atoms with Gasteiger partial charge in [-0.05, 0) is 19.0 Å². The number of nitrogens with zero attached hydrogens (tertiary/aromatic N) is 5. The van der Waals surface area contributed by atoms with Crippen molar-refractivity contribution < 1.29 is 13.8 Å². The molecule has 0 saturated heterocycles. The van der Waals surface area contributed by atoms with Gasteiger partial charge < -0.3 is 14.5 Å². The summed E-state index contributed by atoms with van der Waals surface area (Å²) in [4.78, 5) is 12.8.